The molecule has 7 nitrogen and oxygen atoms in total. The Labute approximate surface area is 154 Å². The third kappa shape index (κ3) is 3.57. The molecule has 1 fully saturated rings. The Bertz CT molecular complexity index is 805. The molecule has 0 unspecified atom stereocenters. The van der Waals surface area contributed by atoms with E-state index in [2.05, 4.69) is 40.9 Å². The third-order valence-electron chi connectivity index (χ3n) is 4.76. The summed E-state index contributed by atoms with van der Waals surface area (Å²) in [7, 11) is 3.92. The molecule has 0 aromatic carbocycles. The van der Waals surface area contributed by atoms with Crippen molar-refractivity contribution in [2.45, 2.75) is 52.0 Å². The number of aryl methyl sites for hydroxylation is 1. The Hall–Kier alpha value is -2.44. The fourth-order valence-corrected chi connectivity index (χ4v) is 3.25. The molecule has 1 N–H and O–H groups in total. The van der Waals surface area contributed by atoms with Crippen molar-refractivity contribution in [3.05, 3.63) is 35.0 Å². The lowest BCUT2D eigenvalue weighted by molar-refractivity contribution is 0.0726. The van der Waals surface area contributed by atoms with E-state index in [1.807, 2.05) is 43.0 Å². The standard InChI is InChI=1S/C19H28N6O/c1-12-20-13(11-17(21-12)24(5)6)15-8-7-9-25(15)18(26)14-10-16(23-22-14)19(2,3)4/h10-11,15H,7-9H2,1-6H3,(H,22,23)/t15-/m1/s1. The zero-order valence-corrected chi connectivity index (χ0v) is 16.5. The highest BCUT2D eigenvalue weighted by atomic mass is 16.2. The fourth-order valence-electron chi connectivity index (χ4n) is 3.25. The van der Waals surface area contributed by atoms with Gasteiger partial charge in [0.25, 0.3) is 5.91 Å². The van der Waals surface area contributed by atoms with Gasteiger partial charge in [-0.15, -0.1) is 0 Å². The summed E-state index contributed by atoms with van der Waals surface area (Å²) < 4.78 is 0. The van der Waals surface area contributed by atoms with E-state index in [1.54, 1.807) is 0 Å². The van der Waals surface area contributed by atoms with Gasteiger partial charge in [-0.05, 0) is 25.8 Å². The molecule has 140 valence electrons. The molecule has 1 atom stereocenters. The first kappa shape index (κ1) is 18.4. The number of nitrogens with one attached hydrogen (secondary N) is 1. The molecule has 7 heteroatoms. The number of rotatable bonds is 3. The molecular formula is C19H28N6O. The Kier molecular flexibility index (Phi) is 4.73. The average molecular weight is 356 g/mol. The minimum Gasteiger partial charge on any atom is -0.363 e. The molecule has 26 heavy (non-hydrogen) atoms. The van der Waals surface area contributed by atoms with Crippen LogP contribution in [0.25, 0.3) is 0 Å². The van der Waals surface area contributed by atoms with Crippen molar-refractivity contribution < 1.29 is 4.79 Å². The summed E-state index contributed by atoms with van der Waals surface area (Å²) in [4.78, 5) is 26.0. The first-order valence-corrected chi connectivity index (χ1v) is 9.06. The number of anilines is 1. The van der Waals surface area contributed by atoms with E-state index in [4.69, 9.17) is 0 Å². The molecular weight excluding hydrogens is 328 g/mol. The summed E-state index contributed by atoms with van der Waals surface area (Å²) in [6.07, 6.45) is 1.87. The molecule has 3 heterocycles. The van der Waals surface area contributed by atoms with Gasteiger partial charge in [-0.2, -0.15) is 5.10 Å². The zero-order chi connectivity index (χ0) is 19.1. The Balaban J connectivity index is 1.89. The molecule has 0 aliphatic carbocycles. The highest BCUT2D eigenvalue weighted by molar-refractivity contribution is 5.93. The second-order valence-corrected chi connectivity index (χ2v) is 8.17. The molecule has 3 rings (SSSR count). The number of hydrogen-bond acceptors (Lipinski definition) is 5. The van der Waals surface area contributed by atoms with Crippen LogP contribution in [0.5, 0.6) is 0 Å². The molecule has 0 radical (unpaired) electrons. The minimum atomic E-state index is -0.0691. The van der Waals surface area contributed by atoms with Gasteiger partial charge in [-0.3, -0.25) is 9.89 Å². The minimum absolute atomic E-state index is 0.0299. The molecule has 2 aromatic heterocycles. The number of carbonyl (C=O) groups is 1. The van der Waals surface area contributed by atoms with Gasteiger partial charge in [-0.1, -0.05) is 20.8 Å². The first-order chi connectivity index (χ1) is 12.2. The van der Waals surface area contributed by atoms with Crippen LogP contribution >= 0.6 is 0 Å². The van der Waals surface area contributed by atoms with Gasteiger partial charge in [-0.25, -0.2) is 9.97 Å². The van der Waals surface area contributed by atoms with Gasteiger partial charge in [0.1, 0.15) is 17.3 Å². The monoisotopic (exact) mass is 356 g/mol. The molecule has 0 spiro atoms. The Morgan fingerprint density at radius 3 is 2.62 bits per heavy atom. The molecule has 0 bridgehead atoms. The number of hydrogen-bond donors (Lipinski definition) is 1. The normalized spacial score (nSPS) is 17.6. The maximum atomic E-state index is 13.1. The van der Waals surface area contributed by atoms with Crippen LogP contribution in [0.2, 0.25) is 0 Å². The van der Waals surface area contributed by atoms with Crippen LogP contribution in [0.15, 0.2) is 12.1 Å². The van der Waals surface area contributed by atoms with Gasteiger partial charge < -0.3 is 9.80 Å². The van der Waals surface area contributed by atoms with Crippen LogP contribution in [0.4, 0.5) is 5.82 Å². The van der Waals surface area contributed by atoms with Gasteiger partial charge in [0, 0.05) is 37.8 Å². The van der Waals surface area contributed by atoms with Crippen molar-refractivity contribution in [1.82, 2.24) is 25.1 Å². The summed E-state index contributed by atoms with van der Waals surface area (Å²) >= 11 is 0. The highest BCUT2D eigenvalue weighted by Gasteiger charge is 2.33. The lowest BCUT2D eigenvalue weighted by Crippen LogP contribution is -2.31. The number of aromatic nitrogens is 4. The first-order valence-electron chi connectivity index (χ1n) is 9.06. The van der Waals surface area contributed by atoms with Crippen molar-refractivity contribution in [3.8, 4) is 0 Å². The summed E-state index contributed by atoms with van der Waals surface area (Å²) in [5.74, 6) is 1.55. The lowest BCUT2D eigenvalue weighted by Gasteiger charge is -2.24. The van der Waals surface area contributed by atoms with Gasteiger partial charge >= 0.3 is 0 Å². The van der Waals surface area contributed by atoms with Crippen LogP contribution in [0, 0.1) is 6.92 Å². The van der Waals surface area contributed by atoms with E-state index >= 15 is 0 Å². The maximum absolute atomic E-state index is 13.1. The summed E-state index contributed by atoms with van der Waals surface area (Å²) in [5.41, 5.74) is 2.27. The second kappa shape index (κ2) is 6.70. The highest BCUT2D eigenvalue weighted by Crippen LogP contribution is 2.33. The average Bonchev–Trinajstić information content (AvgIpc) is 3.22. The predicted molar refractivity (Wildman–Crippen MR) is 101 cm³/mol. The fraction of sp³-hybridized carbons (Fsp3) is 0.579. The van der Waals surface area contributed by atoms with E-state index in [9.17, 15) is 4.79 Å². The van der Waals surface area contributed by atoms with Crippen molar-refractivity contribution in [2.24, 2.45) is 0 Å². The molecule has 1 aliphatic rings. The van der Waals surface area contributed by atoms with Crippen LogP contribution in [0.1, 0.15) is 67.4 Å². The lowest BCUT2D eigenvalue weighted by atomic mass is 9.92. The summed E-state index contributed by atoms with van der Waals surface area (Å²) in [6, 6.07) is 3.82. The van der Waals surface area contributed by atoms with E-state index in [-0.39, 0.29) is 17.4 Å². The van der Waals surface area contributed by atoms with Crippen LogP contribution in [-0.2, 0) is 5.41 Å². The van der Waals surface area contributed by atoms with Crippen molar-refractivity contribution in [1.29, 1.82) is 0 Å². The number of aromatic amines is 1. The smallest absolute Gasteiger partial charge is 0.274 e. The van der Waals surface area contributed by atoms with Gasteiger partial charge in [0.2, 0.25) is 0 Å². The number of nitrogens with zero attached hydrogens (tertiary/aromatic N) is 5. The van der Waals surface area contributed by atoms with Crippen LogP contribution in [-0.4, -0.2) is 51.6 Å². The predicted octanol–water partition coefficient (Wildman–Crippen LogP) is 2.85. The topological polar surface area (TPSA) is 78.0 Å². The van der Waals surface area contributed by atoms with Crippen molar-refractivity contribution >= 4 is 11.7 Å². The zero-order valence-electron chi connectivity index (χ0n) is 16.5. The number of carbonyl (C=O) groups excluding carboxylic acids is 1. The number of amides is 1. The van der Waals surface area contributed by atoms with Gasteiger partial charge in [0.15, 0.2) is 0 Å². The quantitative estimate of drug-likeness (QED) is 0.915. The Morgan fingerprint density at radius 1 is 1.27 bits per heavy atom. The molecule has 2 aromatic rings. The number of H-pyrrole nitrogens is 1. The van der Waals surface area contributed by atoms with Gasteiger partial charge in [0.05, 0.1) is 11.7 Å². The summed E-state index contributed by atoms with van der Waals surface area (Å²) in [6.45, 7) is 8.90. The van der Waals surface area contributed by atoms with E-state index in [1.165, 1.54) is 0 Å². The SMILES string of the molecule is Cc1nc([C@H]2CCCN2C(=O)c2cc(C(C)(C)C)[nH]n2)cc(N(C)C)n1. The van der Waals surface area contributed by atoms with E-state index in [0.717, 1.165) is 42.4 Å². The summed E-state index contributed by atoms with van der Waals surface area (Å²) in [5, 5.41) is 7.27. The molecule has 1 aliphatic heterocycles. The van der Waals surface area contributed by atoms with Crippen LogP contribution < -0.4 is 4.90 Å². The molecule has 1 saturated heterocycles. The third-order valence-corrected chi connectivity index (χ3v) is 4.76. The van der Waals surface area contributed by atoms with E-state index < -0.39 is 0 Å². The van der Waals surface area contributed by atoms with Crippen molar-refractivity contribution in [3.63, 3.8) is 0 Å². The maximum Gasteiger partial charge on any atom is 0.274 e. The number of likely N-dealkylation sites (tertiary alicyclic amines) is 1. The Morgan fingerprint density at radius 2 is 2.00 bits per heavy atom. The van der Waals surface area contributed by atoms with E-state index in [0.29, 0.717) is 5.69 Å². The largest absolute Gasteiger partial charge is 0.363 e. The molecule has 0 saturated carbocycles. The second-order valence-electron chi connectivity index (χ2n) is 8.17. The van der Waals surface area contributed by atoms with Crippen molar-refractivity contribution in [2.75, 3.05) is 25.5 Å². The molecule has 1 amide bonds. The van der Waals surface area contributed by atoms with Crippen LogP contribution in [0.3, 0.4) is 0 Å².